The Hall–Kier alpha value is -0.920. The first-order valence-electron chi connectivity index (χ1n) is 4.57. The molecule has 2 heteroatoms. The molecule has 2 aliphatic rings. The molecule has 1 fully saturated rings. The van der Waals surface area contributed by atoms with Gasteiger partial charge in [0.2, 0.25) is 0 Å². The molecule has 0 heterocycles. The molecule has 2 atom stereocenters. The van der Waals surface area contributed by atoms with Crippen LogP contribution in [0.1, 0.15) is 12.8 Å². The lowest BCUT2D eigenvalue weighted by Gasteiger charge is -2.26. The van der Waals surface area contributed by atoms with Gasteiger partial charge in [-0.1, -0.05) is 18.2 Å². The third kappa shape index (κ3) is 1.34. The summed E-state index contributed by atoms with van der Waals surface area (Å²) in [7, 11) is 0. The smallest absolute Gasteiger partial charge is 0.193 e. The monoisotopic (exact) mass is 179 g/mol. The van der Waals surface area contributed by atoms with E-state index in [1.54, 1.807) is 18.2 Å². The maximum atomic E-state index is 14.1. The molecule has 0 amide bonds. The van der Waals surface area contributed by atoms with Gasteiger partial charge in [0.25, 0.3) is 0 Å². The summed E-state index contributed by atoms with van der Waals surface area (Å²) in [6, 6.07) is 0. The van der Waals surface area contributed by atoms with Crippen LogP contribution in [-0.4, -0.2) is 11.5 Å². The average molecular weight is 179 g/mol. The Bertz CT molecular complexity index is 288. The number of halogens is 1. The van der Waals surface area contributed by atoms with Crippen molar-refractivity contribution < 1.29 is 9.18 Å². The van der Waals surface area contributed by atoms with Crippen LogP contribution in [0.2, 0.25) is 0 Å². The van der Waals surface area contributed by atoms with Gasteiger partial charge in [-0.3, -0.25) is 4.79 Å². The van der Waals surface area contributed by atoms with Gasteiger partial charge in [0.05, 0.1) is 0 Å². The zero-order valence-corrected chi connectivity index (χ0v) is 7.37. The molecule has 69 valence electrons. The van der Waals surface area contributed by atoms with Gasteiger partial charge in [0.1, 0.15) is 0 Å². The molecule has 0 saturated heterocycles. The third-order valence-corrected chi connectivity index (χ3v) is 2.66. The van der Waals surface area contributed by atoms with Crippen molar-refractivity contribution in [1.29, 1.82) is 0 Å². The number of hydrogen-bond donors (Lipinski definition) is 0. The van der Waals surface area contributed by atoms with E-state index >= 15 is 0 Å². The molecule has 2 aliphatic carbocycles. The number of Topliss-reactive ketones (excluding diaryl/α,β-unsaturated/α-hetero) is 1. The number of hydrogen-bond acceptors (Lipinski definition) is 1. The molecule has 0 bridgehead atoms. The zero-order chi connectivity index (χ0) is 9.47. The number of rotatable bonds is 2. The lowest BCUT2D eigenvalue weighted by Crippen LogP contribution is -2.39. The highest BCUT2D eigenvalue weighted by Crippen LogP contribution is 2.40. The summed E-state index contributed by atoms with van der Waals surface area (Å²) in [5.41, 5.74) is -1.84. The van der Waals surface area contributed by atoms with Gasteiger partial charge in [0, 0.05) is 11.8 Å². The second kappa shape index (κ2) is 2.79. The summed E-state index contributed by atoms with van der Waals surface area (Å²) >= 11 is 0. The van der Waals surface area contributed by atoms with Crippen LogP contribution in [0.4, 0.5) is 4.39 Å². The van der Waals surface area contributed by atoms with Crippen molar-refractivity contribution in [3.8, 4) is 0 Å². The summed E-state index contributed by atoms with van der Waals surface area (Å²) in [6.45, 7) is 3.65. The van der Waals surface area contributed by atoms with Crippen molar-refractivity contribution in [2.75, 3.05) is 0 Å². The van der Waals surface area contributed by atoms with E-state index in [4.69, 9.17) is 0 Å². The van der Waals surface area contributed by atoms with E-state index in [0.29, 0.717) is 0 Å². The molecule has 2 rings (SSSR count). The molecule has 1 radical (unpaired) electrons. The van der Waals surface area contributed by atoms with Crippen LogP contribution in [0.5, 0.6) is 0 Å². The van der Waals surface area contributed by atoms with E-state index in [0.717, 1.165) is 12.8 Å². The summed E-state index contributed by atoms with van der Waals surface area (Å²) < 4.78 is 14.1. The van der Waals surface area contributed by atoms with E-state index in [-0.39, 0.29) is 11.7 Å². The van der Waals surface area contributed by atoms with Crippen LogP contribution < -0.4 is 0 Å². The molecular weight excluding hydrogens is 167 g/mol. The molecule has 1 saturated carbocycles. The largest absolute Gasteiger partial charge is 0.295 e. The Kier molecular flexibility index (Phi) is 1.86. The minimum absolute atomic E-state index is 0.0506. The number of alkyl halides is 1. The fourth-order valence-electron chi connectivity index (χ4n) is 1.58. The van der Waals surface area contributed by atoms with E-state index in [1.807, 2.05) is 0 Å². The first-order valence-corrected chi connectivity index (χ1v) is 4.57. The molecule has 0 aromatic carbocycles. The summed E-state index contributed by atoms with van der Waals surface area (Å²) in [6.07, 6.45) is 7.98. The second-order valence-electron chi connectivity index (χ2n) is 3.76. The predicted octanol–water partition coefficient (Wildman–Crippen LogP) is 2.25. The molecule has 2 unspecified atom stereocenters. The lowest BCUT2D eigenvalue weighted by atomic mass is 9.82. The van der Waals surface area contributed by atoms with Crippen molar-refractivity contribution in [3.63, 3.8) is 0 Å². The highest BCUT2D eigenvalue weighted by Gasteiger charge is 2.47. The summed E-state index contributed by atoms with van der Waals surface area (Å²) in [4.78, 5) is 11.6. The number of ketones is 1. The van der Waals surface area contributed by atoms with E-state index < -0.39 is 11.6 Å². The van der Waals surface area contributed by atoms with Crippen LogP contribution in [0.25, 0.3) is 0 Å². The predicted molar refractivity (Wildman–Crippen MR) is 48.7 cm³/mol. The Morgan fingerprint density at radius 3 is 2.69 bits per heavy atom. The molecule has 0 aromatic heterocycles. The van der Waals surface area contributed by atoms with Crippen molar-refractivity contribution in [2.24, 2.45) is 11.8 Å². The van der Waals surface area contributed by atoms with Crippen molar-refractivity contribution >= 4 is 5.78 Å². The standard InChI is InChI=1S/C11H12FO/c1-8-4-2-3-7-11(8,12)10(13)9-5-6-9/h2-4,7-9H,1,5-6H2. The molecule has 0 aromatic rings. The Morgan fingerprint density at radius 2 is 2.15 bits per heavy atom. The molecule has 0 spiro atoms. The van der Waals surface area contributed by atoms with Gasteiger partial charge >= 0.3 is 0 Å². The van der Waals surface area contributed by atoms with Gasteiger partial charge < -0.3 is 0 Å². The molecule has 0 N–H and O–H groups in total. The van der Waals surface area contributed by atoms with Gasteiger partial charge in [-0.25, -0.2) is 4.39 Å². The van der Waals surface area contributed by atoms with Gasteiger partial charge in [-0.05, 0) is 25.8 Å². The fourth-order valence-corrected chi connectivity index (χ4v) is 1.58. The maximum absolute atomic E-state index is 14.1. The van der Waals surface area contributed by atoms with E-state index in [1.165, 1.54) is 6.08 Å². The summed E-state index contributed by atoms with van der Waals surface area (Å²) in [5, 5.41) is 0. The third-order valence-electron chi connectivity index (χ3n) is 2.66. The molecular formula is C11H12FO. The van der Waals surface area contributed by atoms with Crippen molar-refractivity contribution in [2.45, 2.75) is 18.5 Å². The Balaban J connectivity index is 2.22. The highest BCUT2D eigenvalue weighted by atomic mass is 19.1. The first kappa shape index (κ1) is 8.67. The minimum Gasteiger partial charge on any atom is -0.295 e. The van der Waals surface area contributed by atoms with Crippen LogP contribution >= 0.6 is 0 Å². The minimum atomic E-state index is -1.84. The normalized spacial score (nSPS) is 37.8. The Morgan fingerprint density at radius 1 is 1.46 bits per heavy atom. The summed E-state index contributed by atoms with van der Waals surface area (Å²) in [5.74, 6) is -0.899. The maximum Gasteiger partial charge on any atom is 0.193 e. The topological polar surface area (TPSA) is 17.1 Å². The van der Waals surface area contributed by atoms with Crippen LogP contribution in [0.3, 0.4) is 0 Å². The fraction of sp³-hybridized carbons (Fsp3) is 0.455. The van der Waals surface area contributed by atoms with Gasteiger partial charge in [0.15, 0.2) is 11.5 Å². The Labute approximate surface area is 77.3 Å². The van der Waals surface area contributed by atoms with Gasteiger partial charge in [-0.15, -0.1) is 0 Å². The SMILES string of the molecule is [CH2]C1C=CC=CC1(F)C(=O)C1CC1. The molecule has 1 nitrogen and oxygen atoms in total. The first-order chi connectivity index (χ1) is 6.14. The molecule has 0 aliphatic heterocycles. The number of carbonyl (C=O) groups excluding carboxylic acids is 1. The lowest BCUT2D eigenvalue weighted by molar-refractivity contribution is -0.130. The van der Waals surface area contributed by atoms with Crippen molar-refractivity contribution in [3.05, 3.63) is 31.2 Å². The molecule has 13 heavy (non-hydrogen) atoms. The van der Waals surface area contributed by atoms with Crippen LogP contribution in [0, 0.1) is 18.8 Å². The van der Waals surface area contributed by atoms with E-state index in [2.05, 4.69) is 6.92 Å². The second-order valence-corrected chi connectivity index (χ2v) is 3.76. The van der Waals surface area contributed by atoms with Crippen LogP contribution in [-0.2, 0) is 4.79 Å². The highest BCUT2D eigenvalue weighted by molar-refractivity contribution is 5.94. The van der Waals surface area contributed by atoms with Crippen LogP contribution in [0.15, 0.2) is 24.3 Å². The quantitative estimate of drug-likeness (QED) is 0.635. The number of carbonyl (C=O) groups is 1. The van der Waals surface area contributed by atoms with E-state index in [9.17, 15) is 9.18 Å². The van der Waals surface area contributed by atoms with Gasteiger partial charge in [-0.2, -0.15) is 0 Å². The number of allylic oxidation sites excluding steroid dienone is 4. The zero-order valence-electron chi connectivity index (χ0n) is 7.37. The average Bonchev–Trinajstić information content (AvgIpc) is 2.92. The van der Waals surface area contributed by atoms with Crippen molar-refractivity contribution in [1.82, 2.24) is 0 Å².